The molecule has 23 heavy (non-hydrogen) atoms. The molecule has 1 heterocycles. The van der Waals surface area contributed by atoms with Crippen LogP contribution in [0.3, 0.4) is 0 Å². The lowest BCUT2D eigenvalue weighted by Crippen LogP contribution is -2.48. The van der Waals surface area contributed by atoms with E-state index in [2.05, 4.69) is 10.3 Å². The van der Waals surface area contributed by atoms with Gasteiger partial charge in [0.25, 0.3) is 5.91 Å². The molecular formula is C16H16F2N2O2S. The molecule has 7 heteroatoms. The molecule has 2 N–H and O–H groups in total. The van der Waals surface area contributed by atoms with Crippen molar-refractivity contribution in [2.45, 2.75) is 37.6 Å². The van der Waals surface area contributed by atoms with Crippen LogP contribution in [0.1, 0.15) is 48.2 Å². The number of halogens is 2. The first-order chi connectivity index (χ1) is 11.0. The molecule has 1 aromatic heterocycles. The number of benzene rings is 1. The number of hydrogen-bond donors (Lipinski definition) is 2. The van der Waals surface area contributed by atoms with E-state index in [9.17, 15) is 18.4 Å². The summed E-state index contributed by atoms with van der Waals surface area (Å²) >= 11 is 0.899. The maximum Gasteiger partial charge on any atom is 0.305 e. The van der Waals surface area contributed by atoms with Crippen molar-refractivity contribution in [3.8, 4) is 0 Å². The van der Waals surface area contributed by atoms with Gasteiger partial charge in [-0.2, -0.15) is 0 Å². The largest absolute Gasteiger partial charge is 0.341 e. The fraction of sp³-hybridized carbons (Fsp3) is 0.375. The van der Waals surface area contributed by atoms with Crippen LogP contribution in [0, 0.1) is 11.6 Å². The minimum absolute atomic E-state index is 0.160. The van der Waals surface area contributed by atoms with Gasteiger partial charge < -0.3 is 10.3 Å². The molecule has 1 fully saturated rings. The number of carbonyl (C=O) groups excluding carboxylic acids is 1. The van der Waals surface area contributed by atoms with Gasteiger partial charge in [0, 0.05) is 17.0 Å². The highest BCUT2D eigenvalue weighted by atomic mass is 32.1. The third-order valence-corrected chi connectivity index (χ3v) is 4.94. The van der Waals surface area contributed by atoms with Crippen LogP contribution in [0.4, 0.5) is 8.78 Å². The van der Waals surface area contributed by atoms with Gasteiger partial charge >= 0.3 is 4.87 Å². The number of hydrogen-bond acceptors (Lipinski definition) is 3. The summed E-state index contributed by atoms with van der Waals surface area (Å²) in [6.45, 7) is 0. The summed E-state index contributed by atoms with van der Waals surface area (Å²) in [7, 11) is 0. The lowest BCUT2D eigenvalue weighted by atomic mass is 9.76. The standard InChI is InChI=1S/C16H16F2N2O2S/c17-10-4-5-11(12(18)8-10)16(6-2-1-3-7-16)20-14(21)13-9-23-15(22)19-13/h4-5,8-9H,1-3,6-7H2,(H,19,22)(H,20,21). The second-order valence-electron chi connectivity index (χ2n) is 5.78. The Kier molecular flexibility index (Phi) is 4.30. The Balaban J connectivity index is 1.96. The number of nitrogens with one attached hydrogen (secondary N) is 2. The molecule has 2 aromatic rings. The Hall–Kier alpha value is -2.02. The third-order valence-electron chi connectivity index (χ3n) is 4.27. The molecule has 0 atom stereocenters. The molecule has 4 nitrogen and oxygen atoms in total. The van der Waals surface area contributed by atoms with Crippen LogP contribution < -0.4 is 10.2 Å². The lowest BCUT2D eigenvalue weighted by Gasteiger charge is -2.38. The van der Waals surface area contributed by atoms with Gasteiger partial charge in [-0.3, -0.25) is 9.59 Å². The van der Waals surface area contributed by atoms with Gasteiger partial charge in [-0.05, 0) is 18.9 Å². The zero-order chi connectivity index (χ0) is 16.4. The van der Waals surface area contributed by atoms with E-state index in [-0.39, 0.29) is 10.6 Å². The lowest BCUT2D eigenvalue weighted by molar-refractivity contribution is 0.0858. The number of thiazole rings is 1. The molecule has 1 aliphatic rings. The summed E-state index contributed by atoms with van der Waals surface area (Å²) in [5.41, 5.74) is -0.414. The Morgan fingerprint density at radius 3 is 2.57 bits per heavy atom. The van der Waals surface area contributed by atoms with Crippen molar-refractivity contribution in [1.29, 1.82) is 0 Å². The van der Waals surface area contributed by atoms with Crippen LogP contribution >= 0.6 is 11.3 Å². The van der Waals surface area contributed by atoms with Crippen LogP contribution in [-0.4, -0.2) is 10.9 Å². The van der Waals surface area contributed by atoms with Crippen molar-refractivity contribution >= 4 is 17.2 Å². The van der Waals surface area contributed by atoms with Crippen molar-refractivity contribution in [2.75, 3.05) is 0 Å². The summed E-state index contributed by atoms with van der Waals surface area (Å²) in [5, 5.41) is 4.31. The third kappa shape index (κ3) is 3.19. The molecule has 122 valence electrons. The molecule has 0 radical (unpaired) electrons. The first-order valence-corrected chi connectivity index (χ1v) is 8.34. The number of aromatic nitrogens is 1. The Morgan fingerprint density at radius 2 is 1.96 bits per heavy atom. The van der Waals surface area contributed by atoms with Gasteiger partial charge in [-0.1, -0.05) is 36.7 Å². The smallest absolute Gasteiger partial charge is 0.305 e. The second-order valence-corrected chi connectivity index (χ2v) is 6.63. The summed E-state index contributed by atoms with van der Waals surface area (Å²) in [6.07, 6.45) is 3.86. The van der Waals surface area contributed by atoms with Crippen LogP contribution in [-0.2, 0) is 5.54 Å². The van der Waals surface area contributed by atoms with E-state index in [1.54, 1.807) is 0 Å². The first kappa shape index (κ1) is 15.9. The van der Waals surface area contributed by atoms with Crippen molar-refractivity contribution < 1.29 is 13.6 Å². The topological polar surface area (TPSA) is 62.0 Å². The van der Waals surface area contributed by atoms with E-state index in [1.165, 1.54) is 17.5 Å². The Morgan fingerprint density at radius 1 is 1.22 bits per heavy atom. The van der Waals surface area contributed by atoms with Crippen molar-refractivity contribution in [3.63, 3.8) is 0 Å². The summed E-state index contributed by atoms with van der Waals surface area (Å²) < 4.78 is 27.5. The molecule has 0 bridgehead atoms. The molecule has 0 unspecified atom stereocenters. The zero-order valence-corrected chi connectivity index (χ0v) is 13.1. The molecule has 0 saturated heterocycles. The van der Waals surface area contributed by atoms with E-state index in [4.69, 9.17) is 0 Å². The van der Waals surface area contributed by atoms with Gasteiger partial charge in [0.2, 0.25) is 0 Å². The summed E-state index contributed by atoms with van der Waals surface area (Å²) in [4.78, 5) is 25.8. The van der Waals surface area contributed by atoms with Gasteiger partial charge in [0.1, 0.15) is 17.3 Å². The van der Waals surface area contributed by atoms with E-state index in [0.29, 0.717) is 18.4 Å². The van der Waals surface area contributed by atoms with Crippen LogP contribution in [0.15, 0.2) is 28.4 Å². The van der Waals surface area contributed by atoms with Crippen LogP contribution in [0.25, 0.3) is 0 Å². The summed E-state index contributed by atoms with van der Waals surface area (Å²) in [6, 6.07) is 3.43. The highest BCUT2D eigenvalue weighted by Gasteiger charge is 2.38. The molecule has 3 rings (SSSR count). The number of H-pyrrole nitrogens is 1. The van der Waals surface area contributed by atoms with E-state index in [0.717, 1.165) is 36.7 Å². The quantitative estimate of drug-likeness (QED) is 0.902. The number of carbonyl (C=O) groups is 1. The number of amides is 1. The fourth-order valence-electron chi connectivity index (χ4n) is 3.17. The number of aromatic amines is 1. The van der Waals surface area contributed by atoms with E-state index < -0.39 is 23.1 Å². The zero-order valence-electron chi connectivity index (χ0n) is 12.3. The molecule has 0 aliphatic heterocycles. The molecule has 0 spiro atoms. The second kappa shape index (κ2) is 6.23. The molecule has 1 saturated carbocycles. The molecule has 1 amide bonds. The average molecular weight is 338 g/mol. The highest BCUT2D eigenvalue weighted by molar-refractivity contribution is 7.07. The maximum atomic E-state index is 14.3. The minimum atomic E-state index is -0.869. The van der Waals surface area contributed by atoms with Crippen molar-refractivity contribution in [1.82, 2.24) is 10.3 Å². The van der Waals surface area contributed by atoms with Crippen LogP contribution in [0.5, 0.6) is 0 Å². The molecular weight excluding hydrogens is 322 g/mol. The first-order valence-electron chi connectivity index (χ1n) is 7.46. The van der Waals surface area contributed by atoms with Gasteiger partial charge in [0.05, 0.1) is 5.54 Å². The average Bonchev–Trinajstić information content (AvgIpc) is 2.94. The minimum Gasteiger partial charge on any atom is -0.341 e. The van der Waals surface area contributed by atoms with Gasteiger partial charge in [-0.25, -0.2) is 8.78 Å². The SMILES string of the molecule is O=C(NC1(c2ccc(F)cc2F)CCCCC1)c1csc(=O)[nH]1. The Labute approximate surface area is 135 Å². The van der Waals surface area contributed by atoms with Crippen molar-refractivity contribution in [2.24, 2.45) is 0 Å². The van der Waals surface area contributed by atoms with Gasteiger partial charge in [0.15, 0.2) is 0 Å². The maximum absolute atomic E-state index is 14.3. The monoisotopic (exact) mass is 338 g/mol. The van der Waals surface area contributed by atoms with Crippen LogP contribution in [0.2, 0.25) is 0 Å². The molecule has 1 aliphatic carbocycles. The molecule has 1 aromatic carbocycles. The van der Waals surface area contributed by atoms with Gasteiger partial charge in [-0.15, -0.1) is 0 Å². The predicted octanol–water partition coefficient (Wildman–Crippen LogP) is 3.30. The fourth-order valence-corrected chi connectivity index (χ4v) is 3.73. The van der Waals surface area contributed by atoms with E-state index in [1.807, 2.05) is 0 Å². The predicted molar refractivity (Wildman–Crippen MR) is 83.5 cm³/mol. The normalized spacial score (nSPS) is 17.0. The van der Waals surface area contributed by atoms with Crippen molar-refractivity contribution in [3.05, 3.63) is 56.1 Å². The number of rotatable bonds is 3. The Bertz CT molecular complexity index is 778. The highest BCUT2D eigenvalue weighted by Crippen LogP contribution is 2.38. The summed E-state index contributed by atoms with van der Waals surface area (Å²) in [5.74, 6) is -1.76. The van der Waals surface area contributed by atoms with E-state index >= 15 is 0 Å².